The number of anilines is 1. The molecule has 0 amide bonds. The Kier molecular flexibility index (Phi) is 3.81. The number of nitrogens with one attached hydrogen (secondary N) is 1. The van der Waals surface area contributed by atoms with Crippen molar-refractivity contribution in [3.05, 3.63) is 34.1 Å². The van der Waals surface area contributed by atoms with E-state index in [0.717, 1.165) is 27.8 Å². The van der Waals surface area contributed by atoms with Crippen molar-refractivity contribution >= 4 is 32.7 Å². The van der Waals surface area contributed by atoms with Crippen molar-refractivity contribution in [3.8, 4) is 0 Å². The molecule has 0 aliphatic carbocycles. The van der Waals surface area contributed by atoms with E-state index in [4.69, 9.17) is 0 Å². The molecule has 1 aromatic heterocycles. The number of nitrogens with zero attached hydrogens (tertiary/aromatic N) is 1. The molecule has 0 radical (unpaired) electrons. The van der Waals surface area contributed by atoms with Gasteiger partial charge in [-0.3, -0.25) is 0 Å². The van der Waals surface area contributed by atoms with Crippen LogP contribution in [-0.4, -0.2) is 11.5 Å². The predicted molar refractivity (Wildman–Crippen MR) is 82.3 cm³/mol. The minimum absolute atomic E-state index is 0.0442. The van der Waals surface area contributed by atoms with E-state index in [1.165, 1.54) is 6.07 Å². The number of fused-ring (bicyclic) bond motifs is 1. The highest BCUT2D eigenvalue weighted by molar-refractivity contribution is 9.10. The molecular weight excluding hydrogens is 307 g/mol. The van der Waals surface area contributed by atoms with Gasteiger partial charge in [-0.25, -0.2) is 9.37 Å². The van der Waals surface area contributed by atoms with Crippen molar-refractivity contribution in [2.75, 3.05) is 11.9 Å². The highest BCUT2D eigenvalue weighted by Gasteiger charge is 2.20. The number of aromatic nitrogens is 1. The summed E-state index contributed by atoms with van der Waals surface area (Å²) in [6.07, 6.45) is 0. The largest absolute Gasteiger partial charge is 0.370 e. The Bertz CT molecular complexity index is 618. The third-order valence-corrected chi connectivity index (χ3v) is 3.45. The average molecular weight is 325 g/mol. The van der Waals surface area contributed by atoms with Gasteiger partial charge in [0.1, 0.15) is 11.3 Å². The molecule has 19 heavy (non-hydrogen) atoms. The first kappa shape index (κ1) is 14.3. The van der Waals surface area contributed by atoms with E-state index in [1.807, 2.05) is 19.1 Å². The molecule has 0 bridgehead atoms. The maximum atomic E-state index is 14.0. The van der Waals surface area contributed by atoms with E-state index in [-0.39, 0.29) is 11.2 Å². The molecule has 1 heterocycles. The second-order valence-electron chi connectivity index (χ2n) is 5.62. The van der Waals surface area contributed by atoms with E-state index in [2.05, 4.69) is 47.0 Å². The normalized spacial score (nSPS) is 11.9. The zero-order chi connectivity index (χ0) is 14.2. The lowest BCUT2D eigenvalue weighted by Crippen LogP contribution is -2.16. The van der Waals surface area contributed by atoms with E-state index < -0.39 is 0 Å². The Labute approximate surface area is 121 Å². The lowest BCUT2D eigenvalue weighted by atomic mass is 9.86. The molecule has 0 fully saturated rings. The topological polar surface area (TPSA) is 24.9 Å². The fourth-order valence-corrected chi connectivity index (χ4v) is 2.53. The lowest BCUT2D eigenvalue weighted by Gasteiger charge is -2.23. The first-order valence-corrected chi connectivity index (χ1v) is 7.16. The van der Waals surface area contributed by atoms with Crippen molar-refractivity contribution in [3.63, 3.8) is 0 Å². The Balaban J connectivity index is 2.76. The zero-order valence-electron chi connectivity index (χ0n) is 11.6. The number of halogens is 2. The summed E-state index contributed by atoms with van der Waals surface area (Å²) in [5, 5.41) is 4.05. The van der Waals surface area contributed by atoms with Gasteiger partial charge in [0.2, 0.25) is 0 Å². The average Bonchev–Trinajstić information content (AvgIpc) is 2.28. The third-order valence-electron chi connectivity index (χ3n) is 2.99. The van der Waals surface area contributed by atoms with Gasteiger partial charge >= 0.3 is 0 Å². The fourth-order valence-electron chi connectivity index (χ4n) is 2.08. The Morgan fingerprint density at radius 3 is 2.53 bits per heavy atom. The summed E-state index contributed by atoms with van der Waals surface area (Å²) in [6, 6.07) is 5.37. The van der Waals surface area contributed by atoms with Crippen LogP contribution in [0.4, 0.5) is 10.2 Å². The summed E-state index contributed by atoms with van der Waals surface area (Å²) in [5.41, 5.74) is 1.46. The van der Waals surface area contributed by atoms with Crippen molar-refractivity contribution in [2.45, 2.75) is 33.1 Å². The smallest absolute Gasteiger partial charge is 0.150 e. The standard InChI is InChI=1S/C15H18BrFN2/c1-5-18-14-11(15(2,3)4)7-9-6-10(16)8-12(17)13(9)19-14/h6-8H,5H2,1-4H3,(H,18,19). The quantitative estimate of drug-likeness (QED) is 0.852. The molecule has 1 aromatic carbocycles. The minimum atomic E-state index is -0.302. The first-order chi connectivity index (χ1) is 8.82. The molecular formula is C15H18BrFN2. The van der Waals surface area contributed by atoms with E-state index in [9.17, 15) is 4.39 Å². The molecule has 0 aliphatic heterocycles. The predicted octanol–water partition coefficient (Wildman–Crippen LogP) is 4.87. The lowest BCUT2D eigenvalue weighted by molar-refractivity contribution is 0.589. The first-order valence-electron chi connectivity index (χ1n) is 6.37. The molecule has 2 rings (SSSR count). The molecule has 0 aliphatic rings. The Morgan fingerprint density at radius 1 is 1.26 bits per heavy atom. The summed E-state index contributed by atoms with van der Waals surface area (Å²) in [4.78, 5) is 4.47. The molecule has 0 saturated carbocycles. The minimum Gasteiger partial charge on any atom is -0.370 e. The van der Waals surface area contributed by atoms with Crippen molar-refractivity contribution < 1.29 is 4.39 Å². The second-order valence-corrected chi connectivity index (χ2v) is 6.54. The van der Waals surface area contributed by atoms with Crippen LogP contribution in [0.2, 0.25) is 0 Å². The van der Waals surface area contributed by atoms with E-state index in [1.54, 1.807) is 0 Å². The highest BCUT2D eigenvalue weighted by atomic mass is 79.9. The van der Waals surface area contributed by atoms with E-state index in [0.29, 0.717) is 5.52 Å². The molecule has 0 spiro atoms. The monoisotopic (exact) mass is 324 g/mol. The third kappa shape index (κ3) is 2.89. The van der Waals surface area contributed by atoms with Crippen LogP contribution >= 0.6 is 15.9 Å². The molecule has 2 nitrogen and oxygen atoms in total. The Morgan fingerprint density at radius 2 is 1.95 bits per heavy atom. The summed E-state index contributed by atoms with van der Waals surface area (Å²) >= 11 is 3.32. The van der Waals surface area contributed by atoms with Gasteiger partial charge in [-0.2, -0.15) is 0 Å². The van der Waals surface area contributed by atoms with Gasteiger partial charge in [0.05, 0.1) is 0 Å². The fraction of sp³-hybridized carbons (Fsp3) is 0.400. The van der Waals surface area contributed by atoms with Crippen LogP contribution in [0, 0.1) is 5.82 Å². The van der Waals surface area contributed by atoms with Gasteiger partial charge in [0, 0.05) is 22.0 Å². The molecule has 0 saturated heterocycles. The van der Waals surface area contributed by atoms with Gasteiger partial charge in [-0.05, 0) is 30.5 Å². The zero-order valence-corrected chi connectivity index (χ0v) is 13.2. The SMILES string of the molecule is CCNc1nc2c(F)cc(Br)cc2cc1C(C)(C)C. The number of rotatable bonds is 2. The summed E-state index contributed by atoms with van der Waals surface area (Å²) in [5.74, 6) is 0.465. The molecule has 102 valence electrons. The van der Waals surface area contributed by atoms with Crippen molar-refractivity contribution in [2.24, 2.45) is 0 Å². The van der Waals surface area contributed by atoms with Gasteiger partial charge < -0.3 is 5.32 Å². The molecule has 2 aromatic rings. The number of pyridine rings is 1. The second kappa shape index (κ2) is 5.08. The molecule has 0 unspecified atom stereocenters. The summed E-state index contributed by atoms with van der Waals surface area (Å²) in [7, 11) is 0. The van der Waals surface area contributed by atoms with Crippen LogP contribution in [-0.2, 0) is 5.41 Å². The summed E-state index contributed by atoms with van der Waals surface area (Å²) < 4.78 is 14.7. The number of benzene rings is 1. The Hall–Kier alpha value is -1.16. The molecule has 4 heteroatoms. The summed E-state index contributed by atoms with van der Waals surface area (Å²) in [6.45, 7) is 9.16. The number of hydrogen-bond donors (Lipinski definition) is 1. The van der Waals surface area contributed by atoms with Crippen molar-refractivity contribution in [1.29, 1.82) is 0 Å². The van der Waals surface area contributed by atoms with Crippen LogP contribution in [0.1, 0.15) is 33.3 Å². The maximum Gasteiger partial charge on any atom is 0.150 e. The van der Waals surface area contributed by atoms with Crippen LogP contribution in [0.3, 0.4) is 0 Å². The maximum absolute atomic E-state index is 14.0. The van der Waals surface area contributed by atoms with E-state index >= 15 is 0 Å². The van der Waals surface area contributed by atoms with Crippen LogP contribution in [0.15, 0.2) is 22.7 Å². The van der Waals surface area contributed by atoms with Gasteiger partial charge in [-0.15, -0.1) is 0 Å². The molecule has 0 atom stereocenters. The van der Waals surface area contributed by atoms with Crippen LogP contribution in [0.25, 0.3) is 10.9 Å². The van der Waals surface area contributed by atoms with Gasteiger partial charge in [0.25, 0.3) is 0 Å². The molecule has 1 N–H and O–H groups in total. The highest BCUT2D eigenvalue weighted by Crippen LogP contribution is 2.33. The van der Waals surface area contributed by atoms with Crippen molar-refractivity contribution in [1.82, 2.24) is 4.98 Å². The van der Waals surface area contributed by atoms with Crippen LogP contribution < -0.4 is 5.32 Å². The number of hydrogen-bond acceptors (Lipinski definition) is 2. The van der Waals surface area contributed by atoms with Crippen LogP contribution in [0.5, 0.6) is 0 Å². The van der Waals surface area contributed by atoms with Gasteiger partial charge in [-0.1, -0.05) is 36.7 Å². The van der Waals surface area contributed by atoms with Gasteiger partial charge in [0.15, 0.2) is 5.82 Å².